The first-order valence-corrected chi connectivity index (χ1v) is 4.63. The van der Waals surface area contributed by atoms with E-state index in [-0.39, 0.29) is 19.6 Å². The molecule has 0 spiro atoms. The van der Waals surface area contributed by atoms with Gasteiger partial charge in [-0.3, -0.25) is 0 Å². The minimum absolute atomic E-state index is 0. The van der Waals surface area contributed by atoms with E-state index < -0.39 is 0 Å². The third kappa shape index (κ3) is 4.70. The van der Waals surface area contributed by atoms with Crippen LogP contribution in [0.4, 0.5) is 0 Å². The van der Waals surface area contributed by atoms with Crippen LogP contribution in [0.5, 0.6) is 0 Å². The van der Waals surface area contributed by atoms with Crippen molar-refractivity contribution in [3.05, 3.63) is 30.3 Å². The molecule has 12 heavy (non-hydrogen) atoms. The predicted molar refractivity (Wildman–Crippen MR) is 56.4 cm³/mol. The maximum absolute atomic E-state index is 8.99. The fraction of sp³-hybridized carbons (Fsp3) is 0.333. The molecule has 0 amide bonds. The van der Waals surface area contributed by atoms with Crippen molar-refractivity contribution >= 4 is 25.3 Å². The number of rotatable bonds is 3. The number of thioether (sulfide) groups is 1. The molecule has 0 saturated carbocycles. The van der Waals surface area contributed by atoms with E-state index >= 15 is 0 Å². The van der Waals surface area contributed by atoms with Gasteiger partial charge in [-0.2, -0.15) is 0 Å². The lowest BCUT2D eigenvalue weighted by molar-refractivity contribution is 0.220. The van der Waals surface area contributed by atoms with E-state index in [1.807, 2.05) is 30.3 Å². The quantitative estimate of drug-likeness (QED) is 0.757. The van der Waals surface area contributed by atoms with Gasteiger partial charge in [-0.1, -0.05) is 18.2 Å². The van der Waals surface area contributed by atoms with Crippen molar-refractivity contribution in [3.8, 4) is 0 Å². The lowest BCUT2D eigenvalue weighted by atomic mass is 10.4. The van der Waals surface area contributed by atoms with Crippen LogP contribution < -0.4 is 0 Å². The largest absolute Gasteiger partial charge is 0.393 e. The first-order chi connectivity index (χ1) is 5.29. The molecule has 0 bridgehead atoms. The van der Waals surface area contributed by atoms with Crippen molar-refractivity contribution in [3.63, 3.8) is 0 Å². The van der Waals surface area contributed by atoms with Gasteiger partial charge in [-0.05, 0) is 19.1 Å². The first-order valence-electron chi connectivity index (χ1n) is 3.65. The van der Waals surface area contributed by atoms with Gasteiger partial charge < -0.3 is 5.11 Å². The van der Waals surface area contributed by atoms with E-state index in [4.69, 9.17) is 5.11 Å². The second kappa shape index (κ2) is 6.40. The van der Waals surface area contributed by atoms with Crippen molar-refractivity contribution in [1.82, 2.24) is 0 Å². The average Bonchev–Trinajstić information content (AvgIpc) is 2.03. The molecule has 0 aliphatic rings. The summed E-state index contributed by atoms with van der Waals surface area (Å²) < 4.78 is 0. The van der Waals surface area contributed by atoms with Crippen LogP contribution in [0, 0.1) is 0 Å². The smallest absolute Gasteiger partial charge is 0.0606 e. The highest BCUT2D eigenvalue weighted by atomic mass is 32.2. The molecule has 0 fully saturated rings. The maximum atomic E-state index is 8.99. The third-order valence-corrected chi connectivity index (χ3v) is 2.49. The summed E-state index contributed by atoms with van der Waals surface area (Å²) in [4.78, 5) is 1.22. The van der Waals surface area contributed by atoms with Gasteiger partial charge >= 0.3 is 0 Å². The van der Waals surface area contributed by atoms with Crippen LogP contribution in [0.2, 0.25) is 0 Å². The average molecular weight is 200 g/mol. The Morgan fingerprint density at radius 2 is 1.92 bits per heavy atom. The number of benzene rings is 1. The molecule has 1 atom stereocenters. The highest BCUT2D eigenvalue weighted by Crippen LogP contribution is 2.17. The van der Waals surface area contributed by atoms with Gasteiger partial charge in [-0.15, -0.1) is 11.8 Å². The molecule has 0 aliphatic carbocycles. The Kier molecular flexibility index (Phi) is 6.34. The summed E-state index contributed by atoms with van der Waals surface area (Å²) in [5.41, 5.74) is 0. The maximum Gasteiger partial charge on any atom is 0.0606 e. The summed E-state index contributed by atoms with van der Waals surface area (Å²) >= 11 is 1.68. The van der Waals surface area contributed by atoms with Crippen LogP contribution >= 0.6 is 25.3 Å². The van der Waals surface area contributed by atoms with Gasteiger partial charge in [0.1, 0.15) is 0 Å². The lowest BCUT2D eigenvalue weighted by Crippen LogP contribution is -2.01. The van der Waals surface area contributed by atoms with Crippen LogP contribution in [0.15, 0.2) is 35.2 Å². The Hall–Kier alpha value is -0.120. The molecule has 1 unspecified atom stereocenters. The van der Waals surface area contributed by atoms with E-state index in [1.54, 1.807) is 18.7 Å². The number of hydrogen-bond donors (Lipinski definition) is 1. The fourth-order valence-electron chi connectivity index (χ4n) is 0.734. The van der Waals surface area contributed by atoms with E-state index in [0.717, 1.165) is 5.75 Å². The number of hydrogen-bond acceptors (Lipinski definition) is 2. The molecule has 66 valence electrons. The molecule has 1 aromatic carbocycles. The second-order valence-electron chi connectivity index (χ2n) is 2.47. The molecule has 1 nitrogen and oxygen atoms in total. The van der Waals surface area contributed by atoms with E-state index in [1.165, 1.54) is 4.90 Å². The number of aliphatic hydroxyl groups excluding tert-OH is 1. The SMILES string of the molecule is CC(O)CSc1ccccc1.[S]. The Labute approximate surface area is 84.6 Å². The van der Waals surface area contributed by atoms with Crippen molar-refractivity contribution in [2.75, 3.05) is 5.75 Å². The third-order valence-electron chi connectivity index (χ3n) is 1.23. The minimum atomic E-state index is -0.222. The van der Waals surface area contributed by atoms with Crippen molar-refractivity contribution in [1.29, 1.82) is 0 Å². The van der Waals surface area contributed by atoms with Gasteiger partial charge in [0.15, 0.2) is 0 Å². The van der Waals surface area contributed by atoms with Crippen molar-refractivity contribution in [2.24, 2.45) is 0 Å². The molecule has 0 saturated heterocycles. The highest BCUT2D eigenvalue weighted by Gasteiger charge is 1.96. The second-order valence-corrected chi connectivity index (χ2v) is 3.57. The number of aliphatic hydroxyl groups is 1. The molecule has 0 heterocycles. The predicted octanol–water partition coefficient (Wildman–Crippen LogP) is 2.81. The Morgan fingerprint density at radius 1 is 1.33 bits per heavy atom. The van der Waals surface area contributed by atoms with Crippen LogP contribution in [0.1, 0.15) is 6.92 Å². The Bertz CT molecular complexity index is 199. The van der Waals surface area contributed by atoms with Crippen LogP contribution in [0.25, 0.3) is 0 Å². The van der Waals surface area contributed by atoms with Crippen LogP contribution in [0.3, 0.4) is 0 Å². The summed E-state index contributed by atoms with van der Waals surface area (Å²) in [6.07, 6.45) is -0.222. The van der Waals surface area contributed by atoms with Gasteiger partial charge in [0.05, 0.1) is 6.10 Å². The van der Waals surface area contributed by atoms with Gasteiger partial charge in [0.25, 0.3) is 0 Å². The monoisotopic (exact) mass is 200 g/mol. The van der Waals surface area contributed by atoms with Gasteiger partial charge in [0.2, 0.25) is 0 Å². The van der Waals surface area contributed by atoms with Crippen molar-refractivity contribution < 1.29 is 5.11 Å². The lowest BCUT2D eigenvalue weighted by Gasteiger charge is -2.02. The Balaban J connectivity index is 0.00000121. The molecule has 3 heteroatoms. The summed E-state index contributed by atoms with van der Waals surface area (Å²) in [6, 6.07) is 10.1. The molecule has 1 aromatic rings. The molecule has 1 N–H and O–H groups in total. The van der Waals surface area contributed by atoms with Gasteiger partial charge in [0, 0.05) is 24.1 Å². The zero-order valence-corrected chi connectivity index (χ0v) is 8.57. The van der Waals surface area contributed by atoms with E-state index in [2.05, 4.69) is 0 Å². The van der Waals surface area contributed by atoms with E-state index in [9.17, 15) is 0 Å². The van der Waals surface area contributed by atoms with Crippen LogP contribution in [-0.2, 0) is 0 Å². The fourth-order valence-corrected chi connectivity index (χ4v) is 1.52. The topological polar surface area (TPSA) is 20.2 Å². The van der Waals surface area contributed by atoms with E-state index in [0.29, 0.717) is 0 Å². The van der Waals surface area contributed by atoms with Crippen molar-refractivity contribution in [2.45, 2.75) is 17.9 Å². The summed E-state index contributed by atoms with van der Waals surface area (Å²) in [5.74, 6) is 0.768. The minimum Gasteiger partial charge on any atom is -0.393 e. The normalized spacial score (nSPS) is 11.8. The van der Waals surface area contributed by atoms with Gasteiger partial charge in [-0.25, -0.2) is 0 Å². The molecule has 0 aromatic heterocycles. The molecular formula is C9H12OS2. The standard InChI is InChI=1S/C9H12OS.S/c1-8(10)7-11-9-5-3-2-4-6-9;/h2-6,8,10H,7H2,1H3;. The first kappa shape index (κ1) is 11.9. The Morgan fingerprint density at radius 3 is 2.42 bits per heavy atom. The highest BCUT2D eigenvalue weighted by molar-refractivity contribution is 7.99. The molecule has 2 radical (unpaired) electrons. The zero-order chi connectivity index (χ0) is 8.10. The summed E-state index contributed by atoms with van der Waals surface area (Å²) in [6.45, 7) is 1.80. The molecule has 1 rings (SSSR count). The summed E-state index contributed by atoms with van der Waals surface area (Å²) in [5, 5.41) is 8.99. The summed E-state index contributed by atoms with van der Waals surface area (Å²) in [7, 11) is 0. The molecular weight excluding hydrogens is 188 g/mol. The molecule has 0 aliphatic heterocycles. The zero-order valence-electron chi connectivity index (χ0n) is 6.93. The van der Waals surface area contributed by atoms with Crippen LogP contribution in [-0.4, -0.2) is 17.0 Å².